The van der Waals surface area contributed by atoms with Gasteiger partial charge in [-0.2, -0.15) is 0 Å². The molecule has 16 heavy (non-hydrogen) atoms. The number of aliphatic hydroxyl groups excluding tert-OH is 1. The van der Waals surface area contributed by atoms with Crippen molar-refractivity contribution in [2.24, 2.45) is 12.8 Å². The van der Waals surface area contributed by atoms with Crippen molar-refractivity contribution in [3.63, 3.8) is 0 Å². The second kappa shape index (κ2) is 3.93. The molecular weight excluding hydrogens is 230 g/mol. The van der Waals surface area contributed by atoms with Crippen LogP contribution in [-0.2, 0) is 7.05 Å². The van der Waals surface area contributed by atoms with Gasteiger partial charge in [-0.15, -0.1) is 0 Å². The zero-order valence-corrected chi connectivity index (χ0v) is 9.45. The Morgan fingerprint density at radius 3 is 2.94 bits per heavy atom. The fraction of sp³-hybridized carbons (Fsp3) is 0.300. The first-order valence-electron chi connectivity index (χ1n) is 4.81. The second-order valence-electron chi connectivity index (χ2n) is 3.63. The van der Waals surface area contributed by atoms with E-state index in [4.69, 9.17) is 17.3 Å². The molecule has 0 saturated heterocycles. The maximum Gasteiger partial charge on any atom is 0.326 e. The number of hydrogen-bond donors (Lipinski definition) is 3. The molecule has 2 aromatic rings. The summed E-state index contributed by atoms with van der Waals surface area (Å²) in [6.07, 6.45) is -0.819. The van der Waals surface area contributed by atoms with E-state index in [1.807, 2.05) is 0 Å². The van der Waals surface area contributed by atoms with Gasteiger partial charge in [0.2, 0.25) is 0 Å². The van der Waals surface area contributed by atoms with E-state index in [2.05, 4.69) is 4.98 Å². The summed E-state index contributed by atoms with van der Waals surface area (Å²) in [7, 11) is 1.65. The van der Waals surface area contributed by atoms with E-state index in [0.717, 1.165) is 0 Å². The lowest BCUT2D eigenvalue weighted by Crippen LogP contribution is -2.12. The van der Waals surface area contributed by atoms with Gasteiger partial charge in [0, 0.05) is 24.2 Å². The van der Waals surface area contributed by atoms with E-state index in [-0.39, 0.29) is 12.2 Å². The number of rotatable bonds is 2. The molecule has 0 fully saturated rings. The van der Waals surface area contributed by atoms with Crippen LogP contribution in [0.25, 0.3) is 11.0 Å². The molecule has 2 rings (SSSR count). The monoisotopic (exact) mass is 241 g/mol. The number of fused-ring (bicyclic) bond motifs is 1. The van der Waals surface area contributed by atoms with Crippen molar-refractivity contribution in [3.05, 3.63) is 33.2 Å². The first-order valence-corrected chi connectivity index (χ1v) is 5.18. The van der Waals surface area contributed by atoms with Crippen molar-refractivity contribution in [2.75, 3.05) is 6.54 Å². The minimum absolute atomic E-state index is 0.0856. The van der Waals surface area contributed by atoms with Crippen LogP contribution < -0.4 is 11.4 Å². The van der Waals surface area contributed by atoms with Crippen LogP contribution in [0.4, 0.5) is 0 Å². The van der Waals surface area contributed by atoms with Crippen molar-refractivity contribution < 1.29 is 5.11 Å². The van der Waals surface area contributed by atoms with E-state index in [1.165, 1.54) is 4.57 Å². The third-order valence-electron chi connectivity index (χ3n) is 2.60. The zero-order chi connectivity index (χ0) is 11.9. The van der Waals surface area contributed by atoms with Gasteiger partial charge in [0.15, 0.2) is 0 Å². The maximum atomic E-state index is 11.4. The van der Waals surface area contributed by atoms with E-state index < -0.39 is 6.10 Å². The molecule has 5 nitrogen and oxygen atoms in total. The number of H-pyrrole nitrogens is 1. The maximum absolute atomic E-state index is 11.4. The Labute approximate surface area is 96.4 Å². The second-order valence-corrected chi connectivity index (χ2v) is 4.04. The third kappa shape index (κ3) is 1.63. The van der Waals surface area contributed by atoms with Gasteiger partial charge in [-0.3, -0.25) is 4.57 Å². The molecule has 1 unspecified atom stereocenters. The molecule has 1 atom stereocenters. The summed E-state index contributed by atoms with van der Waals surface area (Å²) in [5.74, 6) is 0. The summed E-state index contributed by atoms with van der Waals surface area (Å²) < 4.78 is 1.46. The lowest BCUT2D eigenvalue weighted by molar-refractivity contribution is 0.187. The van der Waals surface area contributed by atoms with Gasteiger partial charge in [0.05, 0.1) is 17.1 Å². The highest BCUT2D eigenvalue weighted by Gasteiger charge is 2.13. The molecule has 0 radical (unpaired) electrons. The highest BCUT2D eigenvalue weighted by Crippen LogP contribution is 2.26. The van der Waals surface area contributed by atoms with E-state index in [1.54, 1.807) is 19.2 Å². The van der Waals surface area contributed by atoms with E-state index in [9.17, 15) is 9.90 Å². The summed E-state index contributed by atoms with van der Waals surface area (Å²) in [4.78, 5) is 14.0. The van der Waals surface area contributed by atoms with E-state index >= 15 is 0 Å². The van der Waals surface area contributed by atoms with Crippen LogP contribution in [0, 0.1) is 0 Å². The first-order chi connectivity index (χ1) is 7.54. The molecule has 1 aromatic heterocycles. The fourth-order valence-electron chi connectivity index (χ4n) is 1.65. The SMILES string of the molecule is Cn1c(=O)[nH]c2cc(C(O)CN)c(Cl)cc21. The van der Waals surface area contributed by atoms with Crippen LogP contribution in [0.2, 0.25) is 5.02 Å². The number of aromatic amines is 1. The van der Waals surface area contributed by atoms with Crippen molar-refractivity contribution in [3.8, 4) is 0 Å². The number of benzene rings is 1. The largest absolute Gasteiger partial charge is 0.387 e. The first kappa shape index (κ1) is 11.2. The number of halogens is 1. The summed E-state index contributed by atoms with van der Waals surface area (Å²) in [6.45, 7) is 0.0856. The van der Waals surface area contributed by atoms with Gasteiger partial charge in [0.25, 0.3) is 0 Å². The Balaban J connectivity index is 2.72. The summed E-state index contributed by atoms with van der Waals surface area (Å²) in [6, 6.07) is 3.29. The molecule has 0 spiro atoms. The van der Waals surface area contributed by atoms with Gasteiger partial charge in [0.1, 0.15) is 0 Å². The molecule has 0 amide bonds. The predicted molar refractivity (Wildman–Crippen MR) is 62.6 cm³/mol. The van der Waals surface area contributed by atoms with Gasteiger partial charge in [-0.1, -0.05) is 11.6 Å². The van der Waals surface area contributed by atoms with Crippen molar-refractivity contribution in [1.82, 2.24) is 9.55 Å². The van der Waals surface area contributed by atoms with E-state index in [0.29, 0.717) is 21.6 Å². The van der Waals surface area contributed by atoms with Crippen LogP contribution in [0.5, 0.6) is 0 Å². The average molecular weight is 242 g/mol. The average Bonchev–Trinajstić information content (AvgIpc) is 2.53. The molecule has 1 aromatic carbocycles. The van der Waals surface area contributed by atoms with Crippen LogP contribution in [0.3, 0.4) is 0 Å². The Kier molecular flexibility index (Phi) is 2.75. The number of aliphatic hydroxyl groups is 1. The molecule has 0 bridgehead atoms. The summed E-state index contributed by atoms with van der Waals surface area (Å²) >= 11 is 6.01. The van der Waals surface area contributed by atoms with Crippen LogP contribution in [0.15, 0.2) is 16.9 Å². The molecule has 0 aliphatic carbocycles. The van der Waals surface area contributed by atoms with Crippen molar-refractivity contribution >= 4 is 22.6 Å². The Morgan fingerprint density at radius 2 is 2.31 bits per heavy atom. The number of aromatic nitrogens is 2. The van der Waals surface area contributed by atoms with Crippen molar-refractivity contribution in [1.29, 1.82) is 0 Å². The molecule has 86 valence electrons. The minimum Gasteiger partial charge on any atom is -0.387 e. The number of nitrogens with zero attached hydrogens (tertiary/aromatic N) is 1. The highest BCUT2D eigenvalue weighted by atomic mass is 35.5. The number of hydrogen-bond acceptors (Lipinski definition) is 3. The lowest BCUT2D eigenvalue weighted by Gasteiger charge is -2.10. The number of nitrogens with two attached hydrogens (primary N) is 1. The predicted octanol–water partition coefficient (Wildman–Crippen LogP) is 0.512. The Morgan fingerprint density at radius 1 is 1.62 bits per heavy atom. The molecular formula is C10H12ClN3O2. The van der Waals surface area contributed by atoms with Crippen LogP contribution in [0.1, 0.15) is 11.7 Å². The summed E-state index contributed by atoms with van der Waals surface area (Å²) in [5.41, 5.74) is 7.01. The van der Waals surface area contributed by atoms with Gasteiger partial charge >= 0.3 is 5.69 Å². The third-order valence-corrected chi connectivity index (χ3v) is 2.93. The molecule has 4 N–H and O–H groups in total. The van der Waals surface area contributed by atoms with Gasteiger partial charge in [-0.25, -0.2) is 4.79 Å². The topological polar surface area (TPSA) is 84.0 Å². The Hall–Kier alpha value is -1.30. The number of imidazole rings is 1. The summed E-state index contributed by atoms with van der Waals surface area (Å²) in [5, 5.41) is 10.0. The Bertz CT molecular complexity index is 587. The van der Waals surface area contributed by atoms with Crippen LogP contribution >= 0.6 is 11.6 Å². The smallest absolute Gasteiger partial charge is 0.326 e. The number of aryl methyl sites for hydroxylation is 1. The molecule has 6 heteroatoms. The molecule has 0 aliphatic heterocycles. The van der Waals surface area contributed by atoms with Gasteiger partial charge < -0.3 is 15.8 Å². The molecule has 1 heterocycles. The van der Waals surface area contributed by atoms with Gasteiger partial charge in [-0.05, 0) is 12.1 Å². The molecule has 0 saturated carbocycles. The molecule has 0 aliphatic rings. The zero-order valence-electron chi connectivity index (χ0n) is 8.70. The minimum atomic E-state index is -0.819. The number of nitrogens with one attached hydrogen (secondary N) is 1. The van der Waals surface area contributed by atoms with Crippen molar-refractivity contribution in [2.45, 2.75) is 6.10 Å². The fourth-order valence-corrected chi connectivity index (χ4v) is 1.93. The quantitative estimate of drug-likeness (QED) is 0.716. The lowest BCUT2D eigenvalue weighted by atomic mass is 10.1. The highest BCUT2D eigenvalue weighted by molar-refractivity contribution is 6.32. The van der Waals surface area contributed by atoms with Crippen LogP contribution in [-0.4, -0.2) is 21.2 Å². The standard InChI is InChI=1S/C10H12ClN3O2/c1-14-8-3-6(11)5(9(15)4-12)2-7(8)13-10(14)16/h2-3,9,15H,4,12H2,1H3,(H,13,16). The normalized spacial score (nSPS) is 13.2.